The van der Waals surface area contributed by atoms with Crippen LogP contribution < -0.4 is 4.74 Å². The third-order valence-electron chi connectivity index (χ3n) is 4.10. The van der Waals surface area contributed by atoms with Gasteiger partial charge in [-0.2, -0.15) is 0 Å². The highest BCUT2D eigenvalue weighted by atomic mass is 16.5. The highest BCUT2D eigenvalue weighted by Gasteiger charge is 2.18. The summed E-state index contributed by atoms with van der Waals surface area (Å²) in [5.41, 5.74) is 6.89. The van der Waals surface area contributed by atoms with Crippen LogP contribution in [-0.2, 0) is 12.8 Å². The SMILES string of the molecule is COc1cccc2c1CCC(Cc1cccnc1)=C2C. The summed E-state index contributed by atoms with van der Waals surface area (Å²) in [6.45, 7) is 2.23. The molecule has 0 atom stereocenters. The first-order chi connectivity index (χ1) is 9.79. The Balaban J connectivity index is 1.97. The van der Waals surface area contributed by atoms with Gasteiger partial charge in [0.2, 0.25) is 0 Å². The molecule has 2 heteroatoms. The Morgan fingerprint density at radius 1 is 1.15 bits per heavy atom. The number of pyridine rings is 1. The molecule has 0 saturated heterocycles. The maximum Gasteiger partial charge on any atom is 0.122 e. The van der Waals surface area contributed by atoms with Gasteiger partial charge in [0.05, 0.1) is 7.11 Å². The van der Waals surface area contributed by atoms with Gasteiger partial charge in [0.1, 0.15) is 5.75 Å². The topological polar surface area (TPSA) is 22.1 Å². The largest absolute Gasteiger partial charge is 0.496 e. The maximum absolute atomic E-state index is 5.48. The van der Waals surface area contributed by atoms with Crippen molar-refractivity contribution in [2.24, 2.45) is 0 Å². The van der Waals surface area contributed by atoms with E-state index in [2.05, 4.69) is 36.2 Å². The summed E-state index contributed by atoms with van der Waals surface area (Å²) < 4.78 is 5.48. The van der Waals surface area contributed by atoms with Crippen LogP contribution in [0.1, 0.15) is 30.0 Å². The molecule has 2 aromatic rings. The third kappa shape index (κ3) is 2.34. The van der Waals surface area contributed by atoms with Gasteiger partial charge in [-0.25, -0.2) is 0 Å². The van der Waals surface area contributed by atoms with Crippen LogP contribution in [0.25, 0.3) is 5.57 Å². The highest BCUT2D eigenvalue weighted by molar-refractivity contribution is 5.73. The van der Waals surface area contributed by atoms with Crippen molar-refractivity contribution in [3.8, 4) is 5.75 Å². The fourth-order valence-corrected chi connectivity index (χ4v) is 2.99. The second kappa shape index (κ2) is 5.49. The van der Waals surface area contributed by atoms with Crippen molar-refractivity contribution in [1.29, 1.82) is 0 Å². The van der Waals surface area contributed by atoms with Crippen LogP contribution in [0.15, 0.2) is 48.3 Å². The van der Waals surface area contributed by atoms with Crippen molar-refractivity contribution in [1.82, 2.24) is 4.98 Å². The number of hydrogen-bond donors (Lipinski definition) is 0. The van der Waals surface area contributed by atoms with E-state index >= 15 is 0 Å². The summed E-state index contributed by atoms with van der Waals surface area (Å²) in [7, 11) is 1.75. The predicted molar refractivity (Wildman–Crippen MR) is 81.9 cm³/mol. The minimum atomic E-state index is 0.996. The summed E-state index contributed by atoms with van der Waals surface area (Å²) in [6.07, 6.45) is 6.95. The number of benzene rings is 1. The van der Waals surface area contributed by atoms with E-state index < -0.39 is 0 Å². The van der Waals surface area contributed by atoms with Crippen LogP contribution in [-0.4, -0.2) is 12.1 Å². The smallest absolute Gasteiger partial charge is 0.122 e. The average molecular weight is 265 g/mol. The number of hydrogen-bond acceptors (Lipinski definition) is 2. The van der Waals surface area contributed by atoms with E-state index in [0.717, 1.165) is 25.0 Å². The number of nitrogens with zero attached hydrogens (tertiary/aromatic N) is 1. The molecule has 20 heavy (non-hydrogen) atoms. The van der Waals surface area contributed by atoms with Crippen molar-refractivity contribution in [2.75, 3.05) is 7.11 Å². The van der Waals surface area contributed by atoms with Gasteiger partial charge < -0.3 is 4.74 Å². The van der Waals surface area contributed by atoms with Crippen LogP contribution in [0.5, 0.6) is 5.75 Å². The lowest BCUT2D eigenvalue weighted by Crippen LogP contribution is -2.07. The Kier molecular flexibility index (Phi) is 3.55. The average Bonchev–Trinajstić information content (AvgIpc) is 2.51. The van der Waals surface area contributed by atoms with E-state index in [0.29, 0.717) is 0 Å². The van der Waals surface area contributed by atoms with Crippen LogP contribution in [0, 0.1) is 0 Å². The summed E-state index contributed by atoms with van der Waals surface area (Å²) in [6, 6.07) is 10.5. The molecule has 2 nitrogen and oxygen atoms in total. The molecule has 1 aliphatic rings. The molecule has 0 saturated carbocycles. The van der Waals surface area contributed by atoms with Crippen LogP contribution in [0.3, 0.4) is 0 Å². The lowest BCUT2D eigenvalue weighted by Gasteiger charge is -2.23. The van der Waals surface area contributed by atoms with Crippen molar-refractivity contribution < 1.29 is 4.74 Å². The van der Waals surface area contributed by atoms with E-state index in [9.17, 15) is 0 Å². The van der Waals surface area contributed by atoms with Gasteiger partial charge in [0.15, 0.2) is 0 Å². The Bertz CT molecular complexity index is 644. The molecule has 1 aromatic carbocycles. The van der Waals surface area contributed by atoms with E-state index in [1.807, 2.05) is 18.5 Å². The maximum atomic E-state index is 5.48. The zero-order chi connectivity index (χ0) is 13.9. The minimum Gasteiger partial charge on any atom is -0.496 e. The number of rotatable bonds is 3. The number of methoxy groups -OCH3 is 1. The molecular weight excluding hydrogens is 246 g/mol. The van der Waals surface area contributed by atoms with E-state index in [1.54, 1.807) is 7.11 Å². The van der Waals surface area contributed by atoms with Gasteiger partial charge in [-0.05, 0) is 55.0 Å². The van der Waals surface area contributed by atoms with Gasteiger partial charge in [0.25, 0.3) is 0 Å². The van der Waals surface area contributed by atoms with Crippen molar-refractivity contribution >= 4 is 5.57 Å². The first-order valence-electron chi connectivity index (χ1n) is 7.03. The van der Waals surface area contributed by atoms with Crippen LogP contribution in [0.4, 0.5) is 0 Å². The Labute approximate surface area is 120 Å². The van der Waals surface area contributed by atoms with Gasteiger partial charge in [-0.1, -0.05) is 23.8 Å². The summed E-state index contributed by atoms with van der Waals surface area (Å²) in [5, 5.41) is 0. The predicted octanol–water partition coefficient (Wildman–Crippen LogP) is 4.05. The van der Waals surface area contributed by atoms with E-state index in [1.165, 1.54) is 27.8 Å². The van der Waals surface area contributed by atoms with Gasteiger partial charge in [0, 0.05) is 18.0 Å². The molecule has 1 aromatic heterocycles. The van der Waals surface area contributed by atoms with Crippen molar-refractivity contribution in [3.05, 3.63) is 65.0 Å². The standard InChI is InChI=1S/C18H19NO/c1-13-15(11-14-5-4-10-19-12-14)8-9-17-16(13)6-3-7-18(17)20-2/h3-7,10,12H,8-9,11H2,1-2H3. The van der Waals surface area contributed by atoms with Gasteiger partial charge in [-0.15, -0.1) is 0 Å². The zero-order valence-corrected chi connectivity index (χ0v) is 12.0. The summed E-state index contributed by atoms with van der Waals surface area (Å²) >= 11 is 0. The molecule has 0 amide bonds. The molecule has 0 N–H and O–H groups in total. The summed E-state index contributed by atoms with van der Waals surface area (Å²) in [5.74, 6) is 1.02. The van der Waals surface area contributed by atoms with Crippen molar-refractivity contribution in [3.63, 3.8) is 0 Å². The molecule has 0 bridgehead atoms. The van der Waals surface area contributed by atoms with Crippen LogP contribution >= 0.6 is 0 Å². The Hall–Kier alpha value is -2.09. The molecule has 0 aliphatic heterocycles. The Morgan fingerprint density at radius 3 is 2.80 bits per heavy atom. The second-order valence-corrected chi connectivity index (χ2v) is 5.25. The molecule has 0 fully saturated rings. The van der Waals surface area contributed by atoms with Gasteiger partial charge in [-0.3, -0.25) is 4.98 Å². The zero-order valence-electron chi connectivity index (χ0n) is 12.0. The van der Waals surface area contributed by atoms with E-state index in [4.69, 9.17) is 4.74 Å². The highest BCUT2D eigenvalue weighted by Crippen LogP contribution is 2.37. The first-order valence-corrected chi connectivity index (χ1v) is 7.03. The van der Waals surface area contributed by atoms with E-state index in [-0.39, 0.29) is 0 Å². The molecule has 1 aliphatic carbocycles. The molecule has 1 heterocycles. The monoisotopic (exact) mass is 265 g/mol. The number of aromatic nitrogens is 1. The normalized spacial score (nSPS) is 14.1. The minimum absolute atomic E-state index is 0.996. The fraction of sp³-hybridized carbons (Fsp3) is 0.278. The third-order valence-corrected chi connectivity index (χ3v) is 4.10. The molecule has 0 radical (unpaired) electrons. The first kappa shape index (κ1) is 12.9. The lowest BCUT2D eigenvalue weighted by atomic mass is 9.83. The Morgan fingerprint density at radius 2 is 2.05 bits per heavy atom. The summed E-state index contributed by atoms with van der Waals surface area (Å²) in [4.78, 5) is 4.20. The fourth-order valence-electron chi connectivity index (χ4n) is 2.99. The molecule has 3 rings (SSSR count). The number of allylic oxidation sites excluding steroid dienone is 2. The molecule has 102 valence electrons. The lowest BCUT2D eigenvalue weighted by molar-refractivity contribution is 0.409. The number of ether oxygens (including phenoxy) is 1. The molecule has 0 spiro atoms. The number of fused-ring (bicyclic) bond motifs is 1. The molecular formula is C18H19NO. The molecule has 0 unspecified atom stereocenters. The second-order valence-electron chi connectivity index (χ2n) is 5.25. The van der Waals surface area contributed by atoms with Crippen molar-refractivity contribution in [2.45, 2.75) is 26.2 Å². The van der Waals surface area contributed by atoms with Gasteiger partial charge >= 0.3 is 0 Å². The van der Waals surface area contributed by atoms with Crippen LogP contribution in [0.2, 0.25) is 0 Å². The quantitative estimate of drug-likeness (QED) is 0.835.